The fourth-order valence-corrected chi connectivity index (χ4v) is 2.47. The molecular weight excluding hydrogens is 348 g/mol. The molecule has 0 aliphatic rings. The average Bonchev–Trinajstić information content (AvgIpc) is 2.53. The molecule has 3 N–H and O–H groups in total. The lowest BCUT2D eigenvalue weighted by atomic mass is 10.1. The standard InChI is InChI=1S/C16H15ClN4O4/c1-20(2)14-6-4-10(21(24)25)8-12(14)16(23)19-9-3-5-11(15(18)22)13(17)7-9/h3-8H,1-2H3,(H2,18,22)(H,19,23). The number of rotatable bonds is 5. The van der Waals surface area contributed by atoms with Crippen LogP contribution in [-0.4, -0.2) is 30.8 Å². The van der Waals surface area contributed by atoms with E-state index in [0.29, 0.717) is 11.4 Å². The molecule has 8 nitrogen and oxygen atoms in total. The Morgan fingerprint density at radius 1 is 1.16 bits per heavy atom. The average molecular weight is 363 g/mol. The normalized spacial score (nSPS) is 10.2. The molecule has 0 aromatic heterocycles. The van der Waals surface area contributed by atoms with Gasteiger partial charge in [0.25, 0.3) is 11.6 Å². The Morgan fingerprint density at radius 3 is 2.36 bits per heavy atom. The quantitative estimate of drug-likeness (QED) is 0.626. The van der Waals surface area contributed by atoms with Crippen LogP contribution in [0.1, 0.15) is 20.7 Å². The van der Waals surface area contributed by atoms with E-state index >= 15 is 0 Å². The number of nitrogens with two attached hydrogens (primary N) is 1. The Hall–Kier alpha value is -3.13. The van der Waals surface area contributed by atoms with Gasteiger partial charge >= 0.3 is 0 Å². The maximum atomic E-state index is 12.5. The first-order chi connectivity index (χ1) is 11.7. The number of carbonyl (C=O) groups excluding carboxylic acids is 2. The molecule has 0 atom stereocenters. The largest absolute Gasteiger partial charge is 0.377 e. The Morgan fingerprint density at radius 2 is 1.84 bits per heavy atom. The zero-order chi connectivity index (χ0) is 18.7. The maximum Gasteiger partial charge on any atom is 0.270 e. The van der Waals surface area contributed by atoms with E-state index in [0.717, 1.165) is 0 Å². The fourth-order valence-electron chi connectivity index (χ4n) is 2.20. The first kappa shape index (κ1) is 18.2. The summed E-state index contributed by atoms with van der Waals surface area (Å²) < 4.78 is 0. The molecule has 0 aliphatic heterocycles. The molecule has 0 aliphatic carbocycles. The van der Waals surface area contributed by atoms with Gasteiger partial charge in [-0.15, -0.1) is 0 Å². The first-order valence-corrected chi connectivity index (χ1v) is 7.45. The summed E-state index contributed by atoms with van der Waals surface area (Å²) in [6.07, 6.45) is 0. The van der Waals surface area contributed by atoms with Crippen LogP contribution < -0.4 is 16.0 Å². The van der Waals surface area contributed by atoms with Gasteiger partial charge in [0.05, 0.1) is 21.1 Å². The number of anilines is 2. The summed E-state index contributed by atoms with van der Waals surface area (Å²) in [5.74, 6) is -1.23. The van der Waals surface area contributed by atoms with E-state index in [9.17, 15) is 19.7 Å². The van der Waals surface area contributed by atoms with E-state index in [2.05, 4.69) is 5.32 Å². The van der Waals surface area contributed by atoms with Crippen molar-refractivity contribution in [1.29, 1.82) is 0 Å². The molecule has 2 rings (SSSR count). The number of nitro groups is 1. The molecule has 2 amide bonds. The molecule has 2 aromatic carbocycles. The van der Waals surface area contributed by atoms with Gasteiger partial charge in [0.15, 0.2) is 0 Å². The zero-order valence-electron chi connectivity index (χ0n) is 13.4. The van der Waals surface area contributed by atoms with Crippen LogP contribution in [0.25, 0.3) is 0 Å². The highest BCUT2D eigenvalue weighted by Gasteiger charge is 2.18. The van der Waals surface area contributed by atoms with Crippen molar-refractivity contribution < 1.29 is 14.5 Å². The predicted molar refractivity (Wildman–Crippen MR) is 95.3 cm³/mol. The van der Waals surface area contributed by atoms with E-state index in [1.165, 1.54) is 36.4 Å². The minimum Gasteiger partial charge on any atom is -0.377 e. The van der Waals surface area contributed by atoms with E-state index < -0.39 is 16.7 Å². The number of nitro benzene ring substituents is 1. The van der Waals surface area contributed by atoms with Gasteiger partial charge < -0.3 is 16.0 Å². The Bertz CT molecular complexity index is 867. The lowest BCUT2D eigenvalue weighted by Crippen LogP contribution is -2.19. The summed E-state index contributed by atoms with van der Waals surface area (Å²) >= 11 is 5.95. The number of non-ortho nitro benzene ring substituents is 1. The van der Waals surface area contributed by atoms with Crippen LogP contribution in [0.15, 0.2) is 36.4 Å². The second kappa shape index (κ2) is 7.18. The minimum absolute atomic E-state index is 0.0946. The topological polar surface area (TPSA) is 119 Å². The number of halogens is 1. The highest BCUT2D eigenvalue weighted by molar-refractivity contribution is 6.34. The van der Waals surface area contributed by atoms with Gasteiger partial charge in [0.1, 0.15) is 0 Å². The number of amides is 2. The Labute approximate surface area is 148 Å². The second-order valence-corrected chi connectivity index (χ2v) is 5.77. The van der Waals surface area contributed by atoms with Gasteiger partial charge in [-0.05, 0) is 24.3 Å². The summed E-state index contributed by atoms with van der Waals surface area (Å²) in [7, 11) is 3.44. The number of nitrogens with one attached hydrogen (secondary N) is 1. The fraction of sp³-hybridized carbons (Fsp3) is 0.125. The van der Waals surface area contributed by atoms with Gasteiger partial charge in [0, 0.05) is 37.6 Å². The van der Waals surface area contributed by atoms with Crippen LogP contribution >= 0.6 is 11.6 Å². The van der Waals surface area contributed by atoms with Crippen LogP contribution in [-0.2, 0) is 0 Å². The molecule has 0 saturated carbocycles. The van der Waals surface area contributed by atoms with E-state index in [1.807, 2.05) is 0 Å². The van der Waals surface area contributed by atoms with Crippen LogP contribution in [0.4, 0.5) is 17.1 Å². The molecule has 0 saturated heterocycles. The smallest absolute Gasteiger partial charge is 0.270 e. The second-order valence-electron chi connectivity index (χ2n) is 5.37. The van der Waals surface area contributed by atoms with Crippen LogP contribution in [0, 0.1) is 10.1 Å². The summed E-state index contributed by atoms with van der Waals surface area (Å²) in [6, 6.07) is 8.26. The SMILES string of the molecule is CN(C)c1ccc([N+](=O)[O-])cc1C(=O)Nc1ccc(C(N)=O)c(Cl)c1. The van der Waals surface area contributed by atoms with E-state index in [4.69, 9.17) is 17.3 Å². The lowest BCUT2D eigenvalue weighted by Gasteiger charge is -2.17. The van der Waals surface area contributed by atoms with Gasteiger partial charge in [-0.2, -0.15) is 0 Å². The van der Waals surface area contributed by atoms with Crippen molar-refractivity contribution in [3.63, 3.8) is 0 Å². The number of carbonyl (C=O) groups is 2. The molecule has 0 heterocycles. The van der Waals surface area contributed by atoms with Crippen LogP contribution in [0.3, 0.4) is 0 Å². The molecule has 9 heteroatoms. The van der Waals surface area contributed by atoms with Crippen molar-refractivity contribution in [3.8, 4) is 0 Å². The maximum absolute atomic E-state index is 12.5. The van der Waals surface area contributed by atoms with E-state index in [-0.39, 0.29) is 21.8 Å². The molecule has 0 spiro atoms. The summed E-state index contributed by atoms with van der Waals surface area (Å²) in [5, 5.41) is 13.7. The summed E-state index contributed by atoms with van der Waals surface area (Å²) in [6.45, 7) is 0. The predicted octanol–water partition coefficient (Wildman–Crippen LogP) is 2.67. The Balaban J connectivity index is 2.37. The molecule has 130 valence electrons. The van der Waals surface area contributed by atoms with Crippen molar-refractivity contribution in [3.05, 3.63) is 62.7 Å². The highest BCUT2D eigenvalue weighted by atomic mass is 35.5. The molecule has 0 unspecified atom stereocenters. The zero-order valence-corrected chi connectivity index (χ0v) is 14.2. The van der Waals surface area contributed by atoms with Gasteiger partial charge in [0.2, 0.25) is 5.91 Å². The molecule has 25 heavy (non-hydrogen) atoms. The summed E-state index contributed by atoms with van der Waals surface area (Å²) in [4.78, 5) is 35.8. The van der Waals surface area contributed by atoms with Crippen molar-refractivity contribution >= 4 is 40.5 Å². The lowest BCUT2D eigenvalue weighted by molar-refractivity contribution is -0.384. The molecule has 0 fully saturated rings. The number of hydrogen-bond donors (Lipinski definition) is 2. The van der Waals surface area contributed by atoms with Gasteiger partial charge in [-0.25, -0.2) is 0 Å². The van der Waals surface area contributed by atoms with Gasteiger partial charge in [-0.1, -0.05) is 11.6 Å². The third kappa shape index (κ3) is 4.04. The Kier molecular flexibility index (Phi) is 5.23. The number of primary amides is 1. The van der Waals surface area contributed by atoms with Crippen LogP contribution in [0.2, 0.25) is 5.02 Å². The number of hydrogen-bond acceptors (Lipinski definition) is 5. The third-order valence-corrected chi connectivity index (χ3v) is 3.72. The summed E-state index contributed by atoms with van der Waals surface area (Å²) in [5.41, 5.74) is 6.09. The van der Waals surface area contributed by atoms with Gasteiger partial charge in [-0.3, -0.25) is 19.7 Å². The third-order valence-electron chi connectivity index (χ3n) is 3.41. The van der Waals surface area contributed by atoms with Crippen molar-refractivity contribution in [2.75, 3.05) is 24.3 Å². The minimum atomic E-state index is -0.684. The molecule has 0 bridgehead atoms. The molecule has 0 radical (unpaired) electrons. The molecular formula is C16H15ClN4O4. The van der Waals surface area contributed by atoms with Crippen LogP contribution in [0.5, 0.6) is 0 Å². The number of nitrogens with zero attached hydrogens (tertiary/aromatic N) is 2. The first-order valence-electron chi connectivity index (χ1n) is 7.07. The van der Waals surface area contributed by atoms with Crippen molar-refractivity contribution in [1.82, 2.24) is 0 Å². The van der Waals surface area contributed by atoms with E-state index in [1.54, 1.807) is 19.0 Å². The van der Waals surface area contributed by atoms with Crippen molar-refractivity contribution in [2.45, 2.75) is 0 Å². The monoisotopic (exact) mass is 362 g/mol. The molecule has 2 aromatic rings. The highest BCUT2D eigenvalue weighted by Crippen LogP contribution is 2.26. The number of benzene rings is 2. The van der Waals surface area contributed by atoms with Crippen molar-refractivity contribution in [2.24, 2.45) is 5.73 Å².